The number of amides is 2. The monoisotopic (exact) mass is 412 g/mol. The van der Waals surface area contributed by atoms with Crippen LogP contribution in [-0.4, -0.2) is 34.0 Å². The number of carbonyl (C=O) groups is 2. The molecule has 0 aliphatic carbocycles. The smallest absolute Gasteiger partial charge is 0.243 e. The second kappa shape index (κ2) is 10.5. The normalized spacial score (nSPS) is 12.3. The van der Waals surface area contributed by atoms with Gasteiger partial charge in [0.25, 0.3) is 0 Å². The van der Waals surface area contributed by atoms with Gasteiger partial charge in [-0.2, -0.15) is 0 Å². The molecule has 0 aliphatic heterocycles. The van der Waals surface area contributed by atoms with Gasteiger partial charge in [0.15, 0.2) is 0 Å². The highest BCUT2D eigenvalue weighted by Crippen LogP contribution is 2.20. The third-order valence-corrected chi connectivity index (χ3v) is 5.46. The summed E-state index contributed by atoms with van der Waals surface area (Å²) in [7, 11) is 0. The summed E-state index contributed by atoms with van der Waals surface area (Å²) in [6, 6.07) is 17.5. The number of rotatable bonds is 8. The van der Waals surface area contributed by atoms with Crippen LogP contribution in [0.5, 0.6) is 0 Å². The van der Waals surface area contributed by atoms with Gasteiger partial charge in [0.05, 0.1) is 5.75 Å². The van der Waals surface area contributed by atoms with Crippen LogP contribution in [0, 0.1) is 6.92 Å². The Morgan fingerprint density at radius 3 is 2.21 bits per heavy atom. The molecule has 0 aromatic heterocycles. The van der Waals surface area contributed by atoms with Crippen molar-refractivity contribution >= 4 is 23.6 Å². The zero-order valence-corrected chi connectivity index (χ0v) is 18.9. The molecule has 0 bridgehead atoms. The van der Waals surface area contributed by atoms with E-state index in [4.69, 9.17) is 0 Å². The van der Waals surface area contributed by atoms with Gasteiger partial charge < -0.3 is 10.2 Å². The van der Waals surface area contributed by atoms with Gasteiger partial charge in [0.1, 0.15) is 6.04 Å². The standard InChI is InChI=1S/C24H32N2O2S/c1-6-21(23(28)25-24(3,4)5)26(16-19-14-12-18(2)13-15-19)22(27)17-29-20-10-8-7-9-11-20/h7-15,21H,6,16-17H2,1-5H3,(H,25,28)/t21-/m0/s1. The fourth-order valence-electron chi connectivity index (χ4n) is 3.01. The van der Waals surface area contributed by atoms with E-state index < -0.39 is 6.04 Å². The van der Waals surface area contributed by atoms with E-state index in [-0.39, 0.29) is 17.4 Å². The summed E-state index contributed by atoms with van der Waals surface area (Å²) in [4.78, 5) is 28.9. The lowest BCUT2D eigenvalue weighted by Crippen LogP contribution is -2.53. The molecule has 1 atom stereocenters. The number of aryl methyl sites for hydroxylation is 1. The fourth-order valence-corrected chi connectivity index (χ4v) is 3.81. The minimum atomic E-state index is -0.501. The summed E-state index contributed by atoms with van der Waals surface area (Å²) in [6.45, 7) is 10.3. The van der Waals surface area contributed by atoms with E-state index in [0.29, 0.717) is 18.7 Å². The molecule has 0 heterocycles. The number of thioether (sulfide) groups is 1. The van der Waals surface area contributed by atoms with Crippen LogP contribution in [0.4, 0.5) is 0 Å². The Labute approximate surface area is 179 Å². The Morgan fingerprint density at radius 2 is 1.66 bits per heavy atom. The van der Waals surface area contributed by atoms with Crippen molar-refractivity contribution in [2.75, 3.05) is 5.75 Å². The van der Waals surface area contributed by atoms with Gasteiger partial charge in [-0.15, -0.1) is 11.8 Å². The minimum absolute atomic E-state index is 0.0321. The molecule has 0 radical (unpaired) electrons. The molecule has 0 spiro atoms. The molecule has 4 nitrogen and oxygen atoms in total. The van der Waals surface area contributed by atoms with E-state index in [1.807, 2.05) is 89.2 Å². The lowest BCUT2D eigenvalue weighted by atomic mass is 10.1. The third-order valence-electron chi connectivity index (χ3n) is 4.46. The van der Waals surface area contributed by atoms with Gasteiger partial charge in [-0.1, -0.05) is 55.0 Å². The Kier molecular flexibility index (Phi) is 8.32. The number of benzene rings is 2. The van der Waals surface area contributed by atoms with Crippen molar-refractivity contribution in [3.05, 3.63) is 65.7 Å². The Hall–Kier alpha value is -2.27. The van der Waals surface area contributed by atoms with Crippen molar-refractivity contribution in [1.82, 2.24) is 10.2 Å². The van der Waals surface area contributed by atoms with E-state index in [2.05, 4.69) is 5.32 Å². The van der Waals surface area contributed by atoms with E-state index in [0.717, 1.165) is 10.5 Å². The molecule has 2 aromatic carbocycles. The number of hydrogen-bond donors (Lipinski definition) is 1. The van der Waals surface area contributed by atoms with E-state index >= 15 is 0 Å². The molecule has 2 rings (SSSR count). The zero-order valence-electron chi connectivity index (χ0n) is 18.1. The maximum Gasteiger partial charge on any atom is 0.243 e. The van der Waals surface area contributed by atoms with Crippen LogP contribution in [-0.2, 0) is 16.1 Å². The first kappa shape index (κ1) is 23.0. The van der Waals surface area contributed by atoms with Crippen LogP contribution in [0.25, 0.3) is 0 Å². The van der Waals surface area contributed by atoms with Gasteiger partial charge in [-0.3, -0.25) is 9.59 Å². The topological polar surface area (TPSA) is 49.4 Å². The van der Waals surface area contributed by atoms with Crippen LogP contribution in [0.2, 0.25) is 0 Å². The van der Waals surface area contributed by atoms with Gasteiger partial charge in [-0.05, 0) is 51.8 Å². The van der Waals surface area contributed by atoms with Crippen molar-refractivity contribution in [3.63, 3.8) is 0 Å². The Morgan fingerprint density at radius 1 is 1.03 bits per heavy atom. The molecule has 0 saturated carbocycles. The summed E-state index contributed by atoms with van der Waals surface area (Å²) in [5.41, 5.74) is 1.85. The summed E-state index contributed by atoms with van der Waals surface area (Å²) in [5.74, 6) is 0.162. The molecule has 2 amide bonds. The number of hydrogen-bond acceptors (Lipinski definition) is 3. The average Bonchev–Trinajstić information content (AvgIpc) is 2.67. The predicted molar refractivity (Wildman–Crippen MR) is 121 cm³/mol. The molecular weight excluding hydrogens is 380 g/mol. The van der Waals surface area contributed by atoms with Crippen molar-refractivity contribution in [2.24, 2.45) is 0 Å². The summed E-state index contributed by atoms with van der Waals surface area (Å²) >= 11 is 1.50. The van der Waals surface area contributed by atoms with E-state index in [9.17, 15) is 9.59 Å². The largest absolute Gasteiger partial charge is 0.350 e. The van der Waals surface area contributed by atoms with E-state index in [1.165, 1.54) is 17.3 Å². The molecule has 29 heavy (non-hydrogen) atoms. The van der Waals surface area contributed by atoms with Gasteiger partial charge >= 0.3 is 0 Å². The highest BCUT2D eigenvalue weighted by atomic mass is 32.2. The Balaban J connectivity index is 2.21. The molecule has 0 unspecified atom stereocenters. The lowest BCUT2D eigenvalue weighted by Gasteiger charge is -2.33. The van der Waals surface area contributed by atoms with Crippen molar-refractivity contribution in [2.45, 2.75) is 64.1 Å². The minimum Gasteiger partial charge on any atom is -0.350 e. The molecule has 2 aromatic rings. The van der Waals surface area contributed by atoms with Gasteiger partial charge in [-0.25, -0.2) is 0 Å². The van der Waals surface area contributed by atoms with Crippen LogP contribution in [0.3, 0.4) is 0 Å². The van der Waals surface area contributed by atoms with Crippen LogP contribution in [0.15, 0.2) is 59.5 Å². The van der Waals surface area contributed by atoms with E-state index in [1.54, 1.807) is 4.90 Å². The first-order chi connectivity index (χ1) is 13.7. The summed E-state index contributed by atoms with van der Waals surface area (Å²) in [6.07, 6.45) is 0.565. The summed E-state index contributed by atoms with van der Waals surface area (Å²) in [5, 5.41) is 3.03. The first-order valence-electron chi connectivity index (χ1n) is 10.0. The van der Waals surface area contributed by atoms with Crippen molar-refractivity contribution in [3.8, 4) is 0 Å². The van der Waals surface area contributed by atoms with Crippen molar-refractivity contribution < 1.29 is 9.59 Å². The van der Waals surface area contributed by atoms with Crippen LogP contribution >= 0.6 is 11.8 Å². The summed E-state index contributed by atoms with van der Waals surface area (Å²) < 4.78 is 0. The molecule has 0 saturated heterocycles. The molecule has 5 heteroatoms. The number of carbonyl (C=O) groups excluding carboxylic acids is 2. The van der Waals surface area contributed by atoms with Crippen LogP contribution in [0.1, 0.15) is 45.2 Å². The average molecular weight is 413 g/mol. The Bertz CT molecular complexity index is 798. The predicted octanol–water partition coefficient (Wildman–Crippen LogP) is 4.81. The third kappa shape index (κ3) is 7.58. The quantitative estimate of drug-likeness (QED) is 0.633. The first-order valence-corrected chi connectivity index (χ1v) is 11.0. The molecular formula is C24H32N2O2S. The lowest BCUT2D eigenvalue weighted by molar-refractivity contribution is -0.140. The fraction of sp³-hybridized carbons (Fsp3) is 0.417. The maximum atomic E-state index is 13.2. The highest BCUT2D eigenvalue weighted by Gasteiger charge is 2.30. The zero-order chi connectivity index (χ0) is 21.4. The van der Waals surface area contributed by atoms with Crippen LogP contribution < -0.4 is 5.32 Å². The van der Waals surface area contributed by atoms with Gasteiger partial charge in [0, 0.05) is 17.0 Å². The highest BCUT2D eigenvalue weighted by molar-refractivity contribution is 8.00. The number of nitrogens with one attached hydrogen (secondary N) is 1. The molecule has 1 N–H and O–H groups in total. The molecule has 156 valence electrons. The molecule has 0 aliphatic rings. The second-order valence-corrected chi connectivity index (χ2v) is 9.32. The SMILES string of the molecule is CC[C@@H](C(=O)NC(C)(C)C)N(Cc1ccc(C)cc1)C(=O)CSc1ccccc1. The number of nitrogens with zero attached hydrogens (tertiary/aromatic N) is 1. The molecule has 0 fully saturated rings. The second-order valence-electron chi connectivity index (χ2n) is 8.27. The van der Waals surface area contributed by atoms with Gasteiger partial charge in [0.2, 0.25) is 11.8 Å². The van der Waals surface area contributed by atoms with Crippen molar-refractivity contribution in [1.29, 1.82) is 0 Å². The maximum absolute atomic E-state index is 13.2.